The van der Waals surface area contributed by atoms with Gasteiger partial charge >= 0.3 is 11.7 Å². The number of rotatable bonds is 2. The van der Waals surface area contributed by atoms with Gasteiger partial charge in [0.05, 0.1) is 12.8 Å². The molecule has 0 saturated heterocycles. The van der Waals surface area contributed by atoms with Crippen LogP contribution >= 0.6 is 0 Å². The molecule has 1 N–H and O–H groups in total. The zero-order valence-corrected chi connectivity index (χ0v) is 9.74. The quantitative estimate of drug-likeness (QED) is 0.836. The first-order chi connectivity index (χ1) is 9.02. The topological polar surface area (TPSA) is 72.0 Å². The van der Waals surface area contributed by atoms with Crippen LogP contribution in [0.15, 0.2) is 29.2 Å². The summed E-state index contributed by atoms with van der Waals surface area (Å²) < 4.78 is 30.6. The summed E-state index contributed by atoms with van der Waals surface area (Å²) in [5, 5.41) is 0. The van der Waals surface area contributed by atoms with Crippen molar-refractivity contribution in [1.29, 1.82) is 0 Å². The van der Waals surface area contributed by atoms with Crippen molar-refractivity contribution >= 4 is 5.97 Å². The number of benzene rings is 1. The molecule has 1 aromatic heterocycles. The van der Waals surface area contributed by atoms with E-state index in [1.807, 2.05) is 0 Å². The first kappa shape index (κ1) is 12.9. The van der Waals surface area contributed by atoms with Gasteiger partial charge in [0.2, 0.25) is 0 Å². The number of ether oxygens (including phenoxy) is 1. The molecule has 0 unspecified atom stereocenters. The summed E-state index contributed by atoms with van der Waals surface area (Å²) >= 11 is 0. The van der Waals surface area contributed by atoms with Crippen LogP contribution < -0.4 is 5.69 Å². The van der Waals surface area contributed by atoms with Crippen LogP contribution in [-0.2, 0) is 4.74 Å². The summed E-state index contributed by atoms with van der Waals surface area (Å²) in [6, 6.07) is 2.99. The number of nitrogens with one attached hydrogen (secondary N) is 1. The van der Waals surface area contributed by atoms with E-state index in [2.05, 4.69) is 14.7 Å². The Bertz CT molecular complexity index is 698. The van der Waals surface area contributed by atoms with Gasteiger partial charge in [-0.1, -0.05) is 0 Å². The molecule has 19 heavy (non-hydrogen) atoms. The van der Waals surface area contributed by atoms with E-state index in [9.17, 15) is 18.4 Å². The number of hydrogen-bond acceptors (Lipinski definition) is 4. The minimum Gasteiger partial charge on any atom is -0.465 e. The molecule has 2 aromatic rings. The number of carbonyl (C=O) groups excluding carboxylic acids is 1. The van der Waals surface area contributed by atoms with E-state index in [0.717, 1.165) is 25.4 Å². The summed E-state index contributed by atoms with van der Waals surface area (Å²) in [6.45, 7) is 0. The first-order valence-electron chi connectivity index (χ1n) is 5.16. The highest BCUT2D eigenvalue weighted by atomic mass is 19.2. The maximum Gasteiger partial charge on any atom is 0.345 e. The van der Waals surface area contributed by atoms with E-state index in [-0.39, 0.29) is 16.8 Å². The fraction of sp³-hybridized carbons (Fsp3) is 0.0833. The Hall–Kier alpha value is -2.57. The van der Waals surface area contributed by atoms with Crippen LogP contribution in [0.5, 0.6) is 0 Å². The van der Waals surface area contributed by atoms with E-state index in [1.165, 1.54) is 6.07 Å². The van der Waals surface area contributed by atoms with Gasteiger partial charge in [0.25, 0.3) is 0 Å². The highest BCUT2D eigenvalue weighted by Crippen LogP contribution is 2.22. The monoisotopic (exact) mass is 266 g/mol. The average Bonchev–Trinajstić information content (AvgIpc) is 2.41. The minimum absolute atomic E-state index is 0.0192. The van der Waals surface area contributed by atoms with Crippen LogP contribution in [0.2, 0.25) is 0 Å². The molecule has 0 amide bonds. The standard InChI is InChI=1S/C12H8F2N2O3/c1-19-11(17)7-5-15-12(18)16-10(7)6-2-3-8(13)9(14)4-6/h2-5H,1H3,(H,15,16,18). The van der Waals surface area contributed by atoms with Crippen LogP contribution in [0, 0.1) is 11.6 Å². The second kappa shape index (κ2) is 4.97. The van der Waals surface area contributed by atoms with Gasteiger partial charge in [-0.15, -0.1) is 0 Å². The Morgan fingerprint density at radius 3 is 2.68 bits per heavy atom. The third-order valence-corrected chi connectivity index (χ3v) is 2.43. The van der Waals surface area contributed by atoms with Gasteiger partial charge in [0.1, 0.15) is 5.56 Å². The second-order valence-electron chi connectivity index (χ2n) is 3.60. The molecule has 0 spiro atoms. The van der Waals surface area contributed by atoms with E-state index in [4.69, 9.17) is 0 Å². The predicted molar refractivity (Wildman–Crippen MR) is 61.5 cm³/mol. The molecule has 5 nitrogen and oxygen atoms in total. The fourth-order valence-corrected chi connectivity index (χ4v) is 1.54. The third kappa shape index (κ3) is 2.49. The van der Waals surface area contributed by atoms with Crippen molar-refractivity contribution in [1.82, 2.24) is 9.97 Å². The number of aromatic nitrogens is 2. The van der Waals surface area contributed by atoms with Crippen LogP contribution in [0.25, 0.3) is 11.3 Å². The molecule has 1 aromatic carbocycles. The van der Waals surface area contributed by atoms with Crippen molar-refractivity contribution in [2.24, 2.45) is 0 Å². The van der Waals surface area contributed by atoms with E-state index in [0.29, 0.717) is 0 Å². The number of hydrogen-bond donors (Lipinski definition) is 1. The fourth-order valence-electron chi connectivity index (χ4n) is 1.54. The van der Waals surface area contributed by atoms with Gasteiger partial charge in [-0.3, -0.25) is 0 Å². The van der Waals surface area contributed by atoms with Crippen molar-refractivity contribution in [3.63, 3.8) is 0 Å². The molecule has 0 bridgehead atoms. The zero-order valence-electron chi connectivity index (χ0n) is 9.74. The molecular weight excluding hydrogens is 258 g/mol. The predicted octanol–water partition coefficient (Wildman–Crippen LogP) is 1.50. The highest BCUT2D eigenvalue weighted by Gasteiger charge is 2.16. The van der Waals surface area contributed by atoms with Crippen molar-refractivity contribution in [2.45, 2.75) is 0 Å². The minimum atomic E-state index is -1.09. The molecule has 98 valence electrons. The van der Waals surface area contributed by atoms with Gasteiger partial charge in [0, 0.05) is 11.8 Å². The summed E-state index contributed by atoms with van der Waals surface area (Å²) in [5.74, 6) is -2.87. The molecule has 7 heteroatoms. The van der Waals surface area contributed by atoms with Gasteiger partial charge in [-0.05, 0) is 18.2 Å². The van der Waals surface area contributed by atoms with E-state index >= 15 is 0 Å². The Kier molecular flexibility index (Phi) is 3.37. The SMILES string of the molecule is COC(=O)c1cnc(=O)[nH]c1-c1ccc(F)c(F)c1. The maximum atomic E-state index is 13.2. The van der Waals surface area contributed by atoms with Crippen LogP contribution in [0.1, 0.15) is 10.4 Å². The molecule has 0 aliphatic carbocycles. The smallest absolute Gasteiger partial charge is 0.345 e. The van der Waals surface area contributed by atoms with Crippen LogP contribution in [-0.4, -0.2) is 23.0 Å². The Balaban J connectivity index is 2.66. The number of aromatic amines is 1. The van der Waals surface area contributed by atoms with Crippen molar-refractivity contribution in [3.05, 3.63) is 52.1 Å². The first-order valence-corrected chi connectivity index (χ1v) is 5.16. The maximum absolute atomic E-state index is 13.2. The normalized spacial score (nSPS) is 10.3. The molecular formula is C12H8F2N2O3. The molecule has 1 heterocycles. The largest absolute Gasteiger partial charge is 0.465 e. The molecule has 0 saturated carbocycles. The zero-order chi connectivity index (χ0) is 14.0. The van der Waals surface area contributed by atoms with Gasteiger partial charge < -0.3 is 9.72 Å². The number of H-pyrrole nitrogens is 1. The molecule has 0 aliphatic heterocycles. The van der Waals surface area contributed by atoms with Crippen LogP contribution in [0.3, 0.4) is 0 Å². The van der Waals surface area contributed by atoms with Gasteiger partial charge in [-0.25, -0.2) is 23.4 Å². The molecule has 0 aliphatic rings. The van der Waals surface area contributed by atoms with Crippen molar-refractivity contribution in [3.8, 4) is 11.3 Å². The molecule has 0 radical (unpaired) electrons. The summed E-state index contributed by atoms with van der Waals surface area (Å²) in [7, 11) is 1.16. The second-order valence-corrected chi connectivity index (χ2v) is 3.60. The lowest BCUT2D eigenvalue weighted by Crippen LogP contribution is -2.16. The molecule has 0 atom stereocenters. The van der Waals surface area contributed by atoms with Crippen LogP contribution in [0.4, 0.5) is 8.78 Å². The van der Waals surface area contributed by atoms with Gasteiger partial charge in [-0.2, -0.15) is 0 Å². The average molecular weight is 266 g/mol. The number of halogens is 2. The third-order valence-electron chi connectivity index (χ3n) is 2.43. The van der Waals surface area contributed by atoms with Gasteiger partial charge in [0.15, 0.2) is 11.6 Å². The number of esters is 1. The number of carbonyl (C=O) groups is 1. The summed E-state index contributed by atoms with van der Waals surface area (Å²) in [6.07, 6.45) is 1.02. The number of methoxy groups -OCH3 is 1. The molecule has 2 rings (SSSR count). The van der Waals surface area contributed by atoms with E-state index < -0.39 is 23.3 Å². The Morgan fingerprint density at radius 1 is 1.32 bits per heavy atom. The Labute approximate surface area is 105 Å². The highest BCUT2D eigenvalue weighted by molar-refractivity contribution is 5.95. The number of nitrogens with zero attached hydrogens (tertiary/aromatic N) is 1. The van der Waals surface area contributed by atoms with Crippen molar-refractivity contribution in [2.75, 3.05) is 7.11 Å². The summed E-state index contributed by atoms with van der Waals surface area (Å²) in [4.78, 5) is 28.4. The Morgan fingerprint density at radius 2 is 2.05 bits per heavy atom. The lowest BCUT2D eigenvalue weighted by molar-refractivity contribution is 0.0600. The lowest BCUT2D eigenvalue weighted by Gasteiger charge is -2.07. The molecule has 0 fully saturated rings. The lowest BCUT2D eigenvalue weighted by atomic mass is 10.1. The van der Waals surface area contributed by atoms with Crippen molar-refractivity contribution < 1.29 is 18.3 Å². The summed E-state index contributed by atoms with van der Waals surface area (Å²) in [5.41, 5.74) is -0.606. The van der Waals surface area contributed by atoms with E-state index in [1.54, 1.807) is 0 Å².